The fraction of sp³-hybridized carbons (Fsp3) is 0.909. The van der Waals surface area contributed by atoms with Gasteiger partial charge < -0.3 is 15.3 Å². The van der Waals surface area contributed by atoms with Gasteiger partial charge in [-0.2, -0.15) is 0 Å². The highest BCUT2D eigenvalue weighted by Gasteiger charge is 2.44. The van der Waals surface area contributed by atoms with E-state index in [2.05, 4.69) is 33.9 Å². The summed E-state index contributed by atoms with van der Waals surface area (Å²) in [5, 5.41) is 8.97. The van der Waals surface area contributed by atoms with Gasteiger partial charge in [-0.25, -0.2) is 0 Å². The van der Waals surface area contributed by atoms with E-state index in [0.717, 1.165) is 0 Å². The lowest BCUT2D eigenvalue weighted by atomic mass is 10.0. The lowest BCUT2D eigenvalue weighted by Gasteiger charge is -2.44. The standard InChI is InChI=1S/C11H25NO3Si/c1-10(2,3)16(6,7)15-11(4,5)8(12)9(13)14/h8H,12H2,1-7H3,(H,13,14). The van der Waals surface area contributed by atoms with Crippen molar-refractivity contribution in [1.82, 2.24) is 0 Å². The van der Waals surface area contributed by atoms with Crippen LogP contribution in [0.3, 0.4) is 0 Å². The van der Waals surface area contributed by atoms with Crippen LogP contribution in [0.25, 0.3) is 0 Å². The molecule has 1 atom stereocenters. The lowest BCUT2D eigenvalue weighted by Crippen LogP contribution is -2.57. The molecule has 0 heterocycles. The van der Waals surface area contributed by atoms with Gasteiger partial charge >= 0.3 is 5.97 Å². The van der Waals surface area contributed by atoms with Crippen LogP contribution in [0.1, 0.15) is 34.6 Å². The van der Waals surface area contributed by atoms with Crippen molar-refractivity contribution >= 4 is 14.3 Å². The summed E-state index contributed by atoms with van der Waals surface area (Å²) in [7, 11) is -1.99. The number of carboxylic acid groups (broad SMARTS) is 1. The van der Waals surface area contributed by atoms with E-state index in [1.165, 1.54) is 0 Å². The first kappa shape index (κ1) is 15.6. The summed E-state index contributed by atoms with van der Waals surface area (Å²) >= 11 is 0. The van der Waals surface area contributed by atoms with E-state index in [1.807, 2.05) is 0 Å². The molecule has 0 aromatic carbocycles. The zero-order valence-corrected chi connectivity index (χ0v) is 12.4. The van der Waals surface area contributed by atoms with E-state index >= 15 is 0 Å². The van der Waals surface area contributed by atoms with Gasteiger partial charge in [0, 0.05) is 0 Å². The predicted octanol–water partition coefficient (Wildman–Crippen LogP) is 2.20. The van der Waals surface area contributed by atoms with Crippen molar-refractivity contribution in [2.45, 2.75) is 64.4 Å². The molecular weight excluding hydrogens is 222 g/mol. The molecule has 0 spiro atoms. The third-order valence-electron chi connectivity index (χ3n) is 3.34. The first-order valence-electron chi connectivity index (χ1n) is 5.50. The first-order valence-corrected chi connectivity index (χ1v) is 8.40. The second-order valence-electron chi connectivity index (χ2n) is 6.28. The maximum absolute atomic E-state index is 10.9. The zero-order chi connectivity index (χ0) is 13.4. The molecule has 0 aliphatic carbocycles. The molecule has 5 heteroatoms. The highest BCUT2D eigenvalue weighted by molar-refractivity contribution is 6.74. The van der Waals surface area contributed by atoms with E-state index in [1.54, 1.807) is 13.8 Å². The van der Waals surface area contributed by atoms with Crippen molar-refractivity contribution in [3.8, 4) is 0 Å². The Balaban J connectivity index is 4.91. The monoisotopic (exact) mass is 247 g/mol. The van der Waals surface area contributed by atoms with Crippen LogP contribution in [-0.2, 0) is 9.22 Å². The Labute approximate surface area is 99.3 Å². The average molecular weight is 247 g/mol. The third-order valence-corrected chi connectivity index (χ3v) is 7.99. The molecular formula is C11H25NO3Si. The summed E-state index contributed by atoms with van der Waals surface area (Å²) < 4.78 is 6.05. The molecule has 0 fully saturated rings. The smallest absolute Gasteiger partial charge is 0.323 e. The summed E-state index contributed by atoms with van der Waals surface area (Å²) in [6.45, 7) is 14.0. The quantitative estimate of drug-likeness (QED) is 0.747. The molecule has 96 valence electrons. The molecule has 0 rings (SSSR count). The third kappa shape index (κ3) is 3.57. The molecule has 0 aliphatic rings. The minimum absolute atomic E-state index is 0.0441. The van der Waals surface area contributed by atoms with Gasteiger partial charge in [0.15, 0.2) is 8.32 Å². The Hall–Kier alpha value is -0.393. The fourth-order valence-corrected chi connectivity index (χ4v) is 2.92. The molecule has 0 saturated carbocycles. The predicted molar refractivity (Wildman–Crippen MR) is 68.0 cm³/mol. The molecule has 16 heavy (non-hydrogen) atoms. The van der Waals surface area contributed by atoms with Crippen LogP contribution < -0.4 is 5.73 Å². The molecule has 0 bridgehead atoms. The minimum Gasteiger partial charge on any atom is -0.480 e. The molecule has 0 amide bonds. The molecule has 0 radical (unpaired) electrons. The summed E-state index contributed by atoms with van der Waals surface area (Å²) in [4.78, 5) is 10.9. The maximum Gasteiger partial charge on any atom is 0.323 e. The number of rotatable bonds is 4. The van der Waals surface area contributed by atoms with Crippen LogP contribution in [0.15, 0.2) is 0 Å². The normalized spacial score (nSPS) is 16.0. The highest BCUT2D eigenvalue weighted by Crippen LogP contribution is 2.39. The highest BCUT2D eigenvalue weighted by atomic mass is 28.4. The Morgan fingerprint density at radius 3 is 1.88 bits per heavy atom. The number of carboxylic acids is 1. The number of hydrogen-bond donors (Lipinski definition) is 2. The SMILES string of the molecule is CC(C)(O[Si](C)(C)C(C)(C)C)C(N)C(=O)O. The van der Waals surface area contributed by atoms with E-state index in [0.29, 0.717) is 0 Å². The summed E-state index contributed by atoms with van der Waals surface area (Å²) in [5.74, 6) is -1.02. The number of hydrogen-bond acceptors (Lipinski definition) is 3. The fourth-order valence-electron chi connectivity index (χ4n) is 1.17. The van der Waals surface area contributed by atoms with E-state index in [9.17, 15) is 4.79 Å². The second kappa shape index (κ2) is 4.47. The Bertz CT molecular complexity index is 269. The van der Waals surface area contributed by atoms with E-state index in [4.69, 9.17) is 15.3 Å². The number of nitrogens with two attached hydrogens (primary N) is 1. The van der Waals surface area contributed by atoms with Gasteiger partial charge in [-0.1, -0.05) is 20.8 Å². The molecule has 0 aromatic rings. The second-order valence-corrected chi connectivity index (χ2v) is 11.0. The molecule has 0 saturated heterocycles. The topological polar surface area (TPSA) is 72.5 Å². The van der Waals surface area contributed by atoms with E-state index in [-0.39, 0.29) is 5.04 Å². The van der Waals surface area contributed by atoms with Gasteiger partial charge in [0.05, 0.1) is 5.60 Å². The van der Waals surface area contributed by atoms with Gasteiger partial charge in [0.1, 0.15) is 6.04 Å². The van der Waals surface area contributed by atoms with Crippen LogP contribution in [0.4, 0.5) is 0 Å². The van der Waals surface area contributed by atoms with Crippen LogP contribution in [0.2, 0.25) is 18.1 Å². The average Bonchev–Trinajstić information content (AvgIpc) is 1.98. The molecule has 1 unspecified atom stereocenters. The molecule has 3 N–H and O–H groups in total. The largest absolute Gasteiger partial charge is 0.480 e. The zero-order valence-electron chi connectivity index (χ0n) is 11.4. The molecule has 0 aromatic heterocycles. The van der Waals surface area contributed by atoms with Crippen molar-refractivity contribution < 1.29 is 14.3 Å². The van der Waals surface area contributed by atoms with Crippen molar-refractivity contribution in [2.24, 2.45) is 5.73 Å². The Kier molecular flexibility index (Phi) is 4.36. The molecule has 0 aliphatic heterocycles. The van der Waals surface area contributed by atoms with Crippen LogP contribution >= 0.6 is 0 Å². The van der Waals surface area contributed by atoms with E-state index < -0.39 is 25.9 Å². The van der Waals surface area contributed by atoms with Crippen molar-refractivity contribution in [1.29, 1.82) is 0 Å². The number of aliphatic carboxylic acids is 1. The maximum atomic E-state index is 10.9. The van der Waals surface area contributed by atoms with Gasteiger partial charge in [-0.05, 0) is 32.0 Å². The van der Waals surface area contributed by atoms with Crippen LogP contribution in [0.5, 0.6) is 0 Å². The van der Waals surface area contributed by atoms with Gasteiger partial charge in [0.25, 0.3) is 0 Å². The van der Waals surface area contributed by atoms with Gasteiger partial charge in [-0.15, -0.1) is 0 Å². The Morgan fingerprint density at radius 2 is 1.62 bits per heavy atom. The van der Waals surface area contributed by atoms with Gasteiger partial charge in [0.2, 0.25) is 0 Å². The summed E-state index contributed by atoms with van der Waals surface area (Å²) in [5.41, 5.74) is 4.80. The van der Waals surface area contributed by atoms with Crippen molar-refractivity contribution in [3.05, 3.63) is 0 Å². The number of carbonyl (C=O) groups is 1. The lowest BCUT2D eigenvalue weighted by molar-refractivity contribution is -0.143. The minimum atomic E-state index is -1.99. The summed E-state index contributed by atoms with van der Waals surface area (Å²) in [6.07, 6.45) is 0. The van der Waals surface area contributed by atoms with Gasteiger partial charge in [-0.3, -0.25) is 4.79 Å². The Morgan fingerprint density at radius 1 is 1.25 bits per heavy atom. The first-order chi connectivity index (χ1) is 6.81. The van der Waals surface area contributed by atoms with Crippen LogP contribution in [-0.4, -0.2) is 31.0 Å². The molecule has 4 nitrogen and oxygen atoms in total. The van der Waals surface area contributed by atoms with Crippen molar-refractivity contribution in [2.75, 3.05) is 0 Å². The van der Waals surface area contributed by atoms with Crippen molar-refractivity contribution in [3.63, 3.8) is 0 Å². The summed E-state index contributed by atoms with van der Waals surface area (Å²) in [6, 6.07) is -0.998. The van der Waals surface area contributed by atoms with Crippen LogP contribution in [0, 0.1) is 0 Å².